The number of aromatic nitrogens is 4. The van der Waals surface area contributed by atoms with E-state index in [0.29, 0.717) is 17.4 Å². The summed E-state index contributed by atoms with van der Waals surface area (Å²) in [6, 6.07) is 8.90. The van der Waals surface area contributed by atoms with E-state index in [1.54, 1.807) is 42.9 Å². The Balaban J connectivity index is 2.21. The molecule has 3 heterocycles. The van der Waals surface area contributed by atoms with Crippen LogP contribution >= 0.6 is 0 Å². The minimum Gasteiger partial charge on any atom is -0.463 e. The maximum absolute atomic E-state index is 8.92. The number of nitriles is 1. The Morgan fingerprint density at radius 1 is 1.22 bits per heavy atom. The fraction of sp³-hybridized carbons (Fsp3) is 0. The van der Waals surface area contributed by atoms with E-state index in [1.807, 2.05) is 6.07 Å². The molecule has 0 spiro atoms. The van der Waals surface area contributed by atoms with Gasteiger partial charge in [-0.2, -0.15) is 15.0 Å². The Hall–Kier alpha value is -2.94. The van der Waals surface area contributed by atoms with Crippen LogP contribution in [0.2, 0.25) is 0 Å². The number of nitrogens with zero attached hydrogens (tertiary/aromatic N) is 5. The van der Waals surface area contributed by atoms with Gasteiger partial charge in [0, 0.05) is 18.5 Å². The van der Waals surface area contributed by atoms with Crippen LogP contribution in [0.15, 0.2) is 47.3 Å². The molecule has 0 aliphatic heterocycles. The average Bonchev–Trinajstić information content (AvgIpc) is 3.08. The first-order chi connectivity index (χ1) is 8.88. The van der Waals surface area contributed by atoms with Crippen LogP contribution in [0.5, 0.6) is 0 Å². The molecule has 6 heteroatoms. The smallest absolute Gasteiger partial charge is 0.251 e. The Labute approximate surface area is 102 Å². The van der Waals surface area contributed by atoms with Gasteiger partial charge in [0.15, 0.2) is 11.5 Å². The molecule has 0 amide bonds. The largest absolute Gasteiger partial charge is 0.463 e. The van der Waals surface area contributed by atoms with Gasteiger partial charge in [-0.15, -0.1) is 0 Å². The average molecular weight is 237 g/mol. The first-order valence-corrected chi connectivity index (χ1v) is 5.20. The molecule has 86 valence electrons. The summed E-state index contributed by atoms with van der Waals surface area (Å²) >= 11 is 0. The van der Waals surface area contributed by atoms with Crippen LogP contribution in [-0.4, -0.2) is 19.7 Å². The van der Waals surface area contributed by atoms with Crippen molar-refractivity contribution in [3.05, 3.63) is 48.6 Å². The van der Waals surface area contributed by atoms with Crippen molar-refractivity contribution in [2.45, 2.75) is 0 Å². The van der Waals surface area contributed by atoms with Crippen molar-refractivity contribution in [1.82, 2.24) is 19.7 Å². The summed E-state index contributed by atoms with van der Waals surface area (Å²) in [4.78, 5) is 8.21. The number of rotatable bonds is 2. The topological polar surface area (TPSA) is 80.5 Å². The molecule has 18 heavy (non-hydrogen) atoms. The second kappa shape index (κ2) is 4.14. The van der Waals surface area contributed by atoms with Crippen LogP contribution in [-0.2, 0) is 0 Å². The molecule has 3 rings (SSSR count). The van der Waals surface area contributed by atoms with Crippen molar-refractivity contribution >= 4 is 0 Å². The Bertz CT molecular complexity index is 694. The maximum atomic E-state index is 8.92. The van der Waals surface area contributed by atoms with Crippen molar-refractivity contribution in [2.75, 3.05) is 0 Å². The lowest BCUT2D eigenvalue weighted by atomic mass is 10.3. The van der Waals surface area contributed by atoms with Crippen molar-refractivity contribution < 1.29 is 4.42 Å². The van der Waals surface area contributed by atoms with Crippen LogP contribution in [0.3, 0.4) is 0 Å². The van der Waals surface area contributed by atoms with E-state index in [-0.39, 0.29) is 5.69 Å². The van der Waals surface area contributed by atoms with E-state index in [1.165, 1.54) is 4.68 Å². The van der Waals surface area contributed by atoms with Gasteiger partial charge in [0.05, 0.1) is 6.26 Å². The van der Waals surface area contributed by atoms with Crippen LogP contribution < -0.4 is 0 Å². The summed E-state index contributed by atoms with van der Waals surface area (Å²) in [5, 5.41) is 13.0. The molecule has 3 aromatic rings. The summed E-state index contributed by atoms with van der Waals surface area (Å²) < 4.78 is 6.80. The fourth-order valence-corrected chi connectivity index (χ4v) is 1.59. The molecule has 0 aromatic carbocycles. The Morgan fingerprint density at radius 3 is 2.72 bits per heavy atom. The highest BCUT2D eigenvalue weighted by atomic mass is 16.3. The Kier molecular flexibility index (Phi) is 2.35. The van der Waals surface area contributed by atoms with E-state index < -0.39 is 0 Å². The third kappa shape index (κ3) is 1.64. The lowest BCUT2D eigenvalue weighted by molar-refractivity contribution is 0.575. The summed E-state index contributed by atoms with van der Waals surface area (Å²) in [5.74, 6) is 1.00. The first kappa shape index (κ1) is 10.2. The summed E-state index contributed by atoms with van der Waals surface area (Å²) in [7, 11) is 0. The minimum atomic E-state index is 0.286. The molecule has 0 N–H and O–H groups in total. The van der Waals surface area contributed by atoms with Crippen molar-refractivity contribution in [3.8, 4) is 23.5 Å². The zero-order chi connectivity index (χ0) is 12.4. The molecule has 0 unspecified atom stereocenters. The van der Waals surface area contributed by atoms with Gasteiger partial charge in [0.1, 0.15) is 11.8 Å². The van der Waals surface area contributed by atoms with Crippen LogP contribution in [0.25, 0.3) is 17.4 Å². The lowest BCUT2D eigenvalue weighted by Crippen LogP contribution is -2.03. The molecule has 0 aliphatic carbocycles. The van der Waals surface area contributed by atoms with Gasteiger partial charge in [-0.05, 0) is 18.2 Å². The quantitative estimate of drug-likeness (QED) is 0.678. The third-order valence-corrected chi connectivity index (χ3v) is 2.34. The summed E-state index contributed by atoms with van der Waals surface area (Å²) in [6.07, 6.45) is 4.79. The Morgan fingerprint density at radius 2 is 2.06 bits per heavy atom. The molecular formula is C12H7N5O. The van der Waals surface area contributed by atoms with E-state index in [0.717, 1.165) is 0 Å². The predicted molar refractivity (Wildman–Crippen MR) is 61.6 cm³/mol. The van der Waals surface area contributed by atoms with Crippen LogP contribution in [0.4, 0.5) is 0 Å². The normalized spacial score (nSPS) is 10.2. The molecule has 0 saturated carbocycles. The summed E-state index contributed by atoms with van der Waals surface area (Å²) in [5.41, 5.74) is 0.927. The number of hydrogen-bond donors (Lipinski definition) is 0. The second-order valence-corrected chi connectivity index (χ2v) is 3.46. The SMILES string of the molecule is N#Cc1cc(-c2ccco2)n(-c2ncccn2)n1. The van der Waals surface area contributed by atoms with Gasteiger partial charge in [-0.3, -0.25) is 0 Å². The van der Waals surface area contributed by atoms with Gasteiger partial charge in [0.2, 0.25) is 0 Å². The van der Waals surface area contributed by atoms with E-state index in [4.69, 9.17) is 9.68 Å². The zero-order valence-corrected chi connectivity index (χ0v) is 9.19. The highest BCUT2D eigenvalue weighted by Gasteiger charge is 2.14. The predicted octanol–water partition coefficient (Wildman–Crippen LogP) is 1.79. The van der Waals surface area contributed by atoms with Gasteiger partial charge >= 0.3 is 0 Å². The minimum absolute atomic E-state index is 0.286. The third-order valence-electron chi connectivity index (χ3n) is 2.34. The molecule has 0 radical (unpaired) electrons. The monoisotopic (exact) mass is 237 g/mol. The molecule has 3 aromatic heterocycles. The van der Waals surface area contributed by atoms with E-state index >= 15 is 0 Å². The number of hydrogen-bond acceptors (Lipinski definition) is 5. The molecule has 0 atom stereocenters. The van der Waals surface area contributed by atoms with Gasteiger partial charge in [-0.25, -0.2) is 9.97 Å². The van der Waals surface area contributed by atoms with Crippen LogP contribution in [0.1, 0.15) is 5.69 Å². The number of furan rings is 1. The molecule has 0 bridgehead atoms. The molecule has 0 saturated heterocycles. The molecule has 0 aliphatic rings. The van der Waals surface area contributed by atoms with Crippen LogP contribution in [0, 0.1) is 11.3 Å². The fourth-order valence-electron chi connectivity index (χ4n) is 1.59. The molecule has 0 fully saturated rings. The van der Waals surface area contributed by atoms with Crippen molar-refractivity contribution in [2.24, 2.45) is 0 Å². The van der Waals surface area contributed by atoms with Crippen molar-refractivity contribution in [1.29, 1.82) is 5.26 Å². The molecule has 6 nitrogen and oxygen atoms in total. The molecular weight excluding hydrogens is 230 g/mol. The summed E-state index contributed by atoms with van der Waals surface area (Å²) in [6.45, 7) is 0. The highest BCUT2D eigenvalue weighted by molar-refractivity contribution is 5.56. The van der Waals surface area contributed by atoms with E-state index in [2.05, 4.69) is 15.1 Å². The van der Waals surface area contributed by atoms with Gasteiger partial charge in [0.25, 0.3) is 5.95 Å². The highest BCUT2D eigenvalue weighted by Crippen LogP contribution is 2.22. The lowest BCUT2D eigenvalue weighted by Gasteiger charge is -2.01. The zero-order valence-electron chi connectivity index (χ0n) is 9.19. The standard InChI is InChI=1S/C12H7N5O/c13-8-9-7-10(11-3-1-6-18-11)17(16-9)12-14-4-2-5-15-12/h1-7H. The maximum Gasteiger partial charge on any atom is 0.251 e. The van der Waals surface area contributed by atoms with Gasteiger partial charge in [-0.1, -0.05) is 0 Å². The van der Waals surface area contributed by atoms with E-state index in [9.17, 15) is 0 Å². The second-order valence-electron chi connectivity index (χ2n) is 3.46. The van der Waals surface area contributed by atoms with Gasteiger partial charge < -0.3 is 4.42 Å². The van der Waals surface area contributed by atoms with Crippen molar-refractivity contribution in [3.63, 3.8) is 0 Å². The first-order valence-electron chi connectivity index (χ1n) is 5.20.